The Morgan fingerprint density at radius 2 is 1.97 bits per heavy atom. The topological polar surface area (TPSA) is 56.7 Å². The maximum absolute atomic E-state index is 11.8. The van der Waals surface area contributed by atoms with Crippen molar-refractivity contribution in [2.24, 2.45) is 4.99 Å². The second kappa shape index (κ2) is 12.2. The van der Waals surface area contributed by atoms with Gasteiger partial charge in [0.15, 0.2) is 5.96 Å². The van der Waals surface area contributed by atoms with Gasteiger partial charge in [0, 0.05) is 32.6 Å². The lowest BCUT2D eigenvalue weighted by atomic mass is 10.1. The average molecular weight is 526 g/mol. The third kappa shape index (κ3) is 7.29. The number of aliphatic imine (C=N–C) groups is 1. The molecule has 1 aromatic heterocycles. The normalized spacial score (nSPS) is 15.2. The number of halogens is 1. The zero-order chi connectivity index (χ0) is 19.8. The van der Waals surface area contributed by atoms with E-state index in [0.717, 1.165) is 32.0 Å². The van der Waals surface area contributed by atoms with Gasteiger partial charge < -0.3 is 15.5 Å². The fourth-order valence-corrected chi connectivity index (χ4v) is 4.06. The van der Waals surface area contributed by atoms with Gasteiger partial charge in [0.2, 0.25) is 5.91 Å². The molecule has 1 aromatic carbocycles. The number of likely N-dealkylation sites (tertiary alicyclic amines) is 1. The third-order valence-corrected chi connectivity index (χ3v) is 5.72. The monoisotopic (exact) mass is 526 g/mol. The number of amides is 1. The first kappa shape index (κ1) is 23.7. The van der Waals surface area contributed by atoms with Gasteiger partial charge in [-0.15, -0.1) is 24.0 Å². The first-order valence-corrected chi connectivity index (χ1v) is 11.0. The highest BCUT2D eigenvalue weighted by Crippen LogP contribution is 2.17. The smallest absolute Gasteiger partial charge is 0.222 e. The minimum atomic E-state index is 0. The number of carbonyl (C=O) groups is 1. The first-order valence-electron chi connectivity index (χ1n) is 10.1. The van der Waals surface area contributed by atoms with Gasteiger partial charge in [-0.3, -0.25) is 4.79 Å². The molecule has 3 rings (SSSR count). The summed E-state index contributed by atoms with van der Waals surface area (Å²) in [6.45, 7) is 8.22. The van der Waals surface area contributed by atoms with Gasteiger partial charge in [-0.05, 0) is 52.8 Å². The second-order valence-corrected chi connectivity index (χ2v) is 8.05. The average Bonchev–Trinajstić information content (AvgIpc) is 3.37. The summed E-state index contributed by atoms with van der Waals surface area (Å²) < 4.78 is 0. The molecule has 5 nitrogen and oxygen atoms in total. The summed E-state index contributed by atoms with van der Waals surface area (Å²) in [5.41, 5.74) is 3.71. The van der Waals surface area contributed by atoms with E-state index in [4.69, 9.17) is 4.99 Å². The summed E-state index contributed by atoms with van der Waals surface area (Å²) in [7, 11) is 0. The van der Waals surface area contributed by atoms with Gasteiger partial charge in [-0.1, -0.05) is 31.2 Å². The van der Waals surface area contributed by atoms with Gasteiger partial charge in [-0.2, -0.15) is 11.3 Å². The molecule has 2 aromatic rings. The molecule has 0 bridgehead atoms. The predicted molar refractivity (Wildman–Crippen MR) is 132 cm³/mol. The van der Waals surface area contributed by atoms with Gasteiger partial charge in [0.25, 0.3) is 0 Å². The zero-order valence-corrected chi connectivity index (χ0v) is 20.3. The number of rotatable bonds is 8. The van der Waals surface area contributed by atoms with Crippen LogP contribution in [0.15, 0.2) is 46.1 Å². The first-order chi connectivity index (χ1) is 13.7. The fraction of sp³-hybridized carbons (Fsp3) is 0.455. The molecule has 1 atom stereocenters. The van der Waals surface area contributed by atoms with Crippen LogP contribution >= 0.6 is 35.3 Å². The van der Waals surface area contributed by atoms with Crippen molar-refractivity contribution < 1.29 is 4.79 Å². The SMILES string of the molecule is CCNC(=NCc1ccc(CN2CCCC2=O)cc1)NCC(C)c1ccsc1.I. The van der Waals surface area contributed by atoms with Crippen molar-refractivity contribution in [3.63, 3.8) is 0 Å². The van der Waals surface area contributed by atoms with Gasteiger partial charge >= 0.3 is 0 Å². The van der Waals surface area contributed by atoms with Crippen LogP contribution in [0.1, 0.15) is 49.3 Å². The molecule has 7 heteroatoms. The summed E-state index contributed by atoms with van der Waals surface area (Å²) in [4.78, 5) is 18.4. The molecule has 0 spiro atoms. The Morgan fingerprint density at radius 1 is 1.21 bits per heavy atom. The molecule has 2 heterocycles. The van der Waals surface area contributed by atoms with Crippen LogP contribution in [-0.4, -0.2) is 36.4 Å². The molecule has 158 valence electrons. The maximum Gasteiger partial charge on any atom is 0.222 e. The van der Waals surface area contributed by atoms with Crippen LogP contribution in [0.2, 0.25) is 0 Å². The van der Waals surface area contributed by atoms with Crippen LogP contribution in [0.3, 0.4) is 0 Å². The van der Waals surface area contributed by atoms with Crippen molar-refractivity contribution in [3.05, 3.63) is 57.8 Å². The van der Waals surface area contributed by atoms with Crippen molar-refractivity contribution >= 4 is 47.2 Å². The maximum atomic E-state index is 11.8. The molecule has 1 saturated heterocycles. The van der Waals surface area contributed by atoms with E-state index in [1.165, 1.54) is 16.7 Å². The quantitative estimate of drug-likeness (QED) is 0.306. The summed E-state index contributed by atoms with van der Waals surface area (Å²) in [5.74, 6) is 1.56. The fourth-order valence-electron chi connectivity index (χ4n) is 3.28. The minimum absolute atomic E-state index is 0. The Bertz CT molecular complexity index is 777. The molecule has 0 saturated carbocycles. The zero-order valence-electron chi connectivity index (χ0n) is 17.2. The summed E-state index contributed by atoms with van der Waals surface area (Å²) in [5, 5.41) is 11.1. The lowest BCUT2D eigenvalue weighted by molar-refractivity contribution is -0.128. The molecule has 1 unspecified atom stereocenters. The lowest BCUT2D eigenvalue weighted by Crippen LogP contribution is -2.39. The summed E-state index contributed by atoms with van der Waals surface area (Å²) in [6, 6.07) is 10.6. The highest BCUT2D eigenvalue weighted by Gasteiger charge is 2.19. The Kier molecular flexibility index (Phi) is 9.93. The van der Waals surface area contributed by atoms with E-state index in [1.807, 2.05) is 4.90 Å². The molecule has 29 heavy (non-hydrogen) atoms. The number of hydrogen-bond acceptors (Lipinski definition) is 3. The van der Waals surface area contributed by atoms with Gasteiger partial charge in [0.1, 0.15) is 0 Å². The molecule has 1 aliphatic heterocycles. The minimum Gasteiger partial charge on any atom is -0.357 e. The number of carbonyl (C=O) groups excluding carboxylic acids is 1. The third-order valence-electron chi connectivity index (χ3n) is 5.02. The largest absolute Gasteiger partial charge is 0.357 e. The van der Waals surface area contributed by atoms with E-state index in [-0.39, 0.29) is 29.9 Å². The van der Waals surface area contributed by atoms with Crippen LogP contribution in [-0.2, 0) is 17.9 Å². The number of benzene rings is 1. The lowest BCUT2D eigenvalue weighted by Gasteiger charge is -2.16. The second-order valence-electron chi connectivity index (χ2n) is 7.27. The summed E-state index contributed by atoms with van der Waals surface area (Å²) in [6.07, 6.45) is 1.68. The number of guanidine groups is 1. The number of hydrogen-bond donors (Lipinski definition) is 2. The van der Waals surface area contributed by atoms with E-state index in [0.29, 0.717) is 25.4 Å². The Morgan fingerprint density at radius 3 is 2.59 bits per heavy atom. The van der Waals surface area contributed by atoms with Gasteiger partial charge in [0.05, 0.1) is 6.54 Å². The number of thiophene rings is 1. The van der Waals surface area contributed by atoms with Crippen LogP contribution in [0.4, 0.5) is 0 Å². The Hall–Kier alpha value is -1.61. The molecule has 1 amide bonds. The molecule has 0 aliphatic carbocycles. The number of nitrogens with one attached hydrogen (secondary N) is 2. The Balaban J connectivity index is 0.00000300. The molecule has 0 radical (unpaired) electrons. The van der Waals surface area contributed by atoms with Crippen molar-refractivity contribution in [2.75, 3.05) is 19.6 Å². The van der Waals surface area contributed by atoms with Crippen molar-refractivity contribution in [1.29, 1.82) is 0 Å². The Labute approximate surface area is 195 Å². The van der Waals surface area contributed by atoms with Crippen LogP contribution < -0.4 is 10.6 Å². The van der Waals surface area contributed by atoms with Crippen LogP contribution in [0.5, 0.6) is 0 Å². The standard InChI is InChI=1S/C22H30N4OS.HI/c1-3-23-22(24-13-17(2)20-10-12-28-16-20)25-14-18-6-8-19(9-7-18)15-26-11-4-5-21(26)27;/h6-10,12,16-17H,3-5,11,13-15H2,1-2H3,(H2,23,24,25);1H. The van der Waals surface area contributed by atoms with E-state index in [1.54, 1.807) is 11.3 Å². The molecular formula is C22H31IN4OS. The van der Waals surface area contributed by atoms with Crippen molar-refractivity contribution in [2.45, 2.75) is 45.7 Å². The van der Waals surface area contributed by atoms with E-state index >= 15 is 0 Å². The highest BCUT2D eigenvalue weighted by atomic mass is 127. The van der Waals surface area contributed by atoms with E-state index < -0.39 is 0 Å². The molecular weight excluding hydrogens is 495 g/mol. The van der Waals surface area contributed by atoms with Crippen molar-refractivity contribution in [1.82, 2.24) is 15.5 Å². The van der Waals surface area contributed by atoms with Crippen LogP contribution in [0, 0.1) is 0 Å². The highest BCUT2D eigenvalue weighted by molar-refractivity contribution is 14.0. The van der Waals surface area contributed by atoms with E-state index in [9.17, 15) is 4.79 Å². The number of nitrogens with zero attached hydrogens (tertiary/aromatic N) is 2. The molecule has 2 N–H and O–H groups in total. The van der Waals surface area contributed by atoms with Gasteiger partial charge in [-0.25, -0.2) is 4.99 Å². The van der Waals surface area contributed by atoms with Crippen molar-refractivity contribution in [3.8, 4) is 0 Å². The molecule has 1 fully saturated rings. The molecule has 1 aliphatic rings. The summed E-state index contributed by atoms with van der Waals surface area (Å²) >= 11 is 1.74. The van der Waals surface area contributed by atoms with Crippen LogP contribution in [0.25, 0.3) is 0 Å². The van der Waals surface area contributed by atoms with E-state index in [2.05, 4.69) is 65.6 Å². The predicted octanol–water partition coefficient (Wildman–Crippen LogP) is 4.35.